The molecule has 1 heterocycles. The second kappa shape index (κ2) is 6.21. The van der Waals surface area contributed by atoms with Crippen LogP contribution in [0.3, 0.4) is 0 Å². The van der Waals surface area contributed by atoms with Gasteiger partial charge in [-0.25, -0.2) is 0 Å². The molecular formula is C10H13F3N2O2S. The summed E-state index contributed by atoms with van der Waals surface area (Å²) in [5.74, 6) is -1.94. The van der Waals surface area contributed by atoms with Gasteiger partial charge in [0.2, 0.25) is 11.7 Å². The van der Waals surface area contributed by atoms with E-state index < -0.39 is 17.9 Å². The second-order valence-electron chi connectivity index (χ2n) is 3.69. The normalized spacial score (nSPS) is 13.6. The SMILES string of the molecule is CCCSCc1noc(C(C)C(=O)C(F)(F)F)n1. The molecular weight excluding hydrogens is 269 g/mol. The van der Waals surface area contributed by atoms with Crippen molar-refractivity contribution >= 4 is 17.5 Å². The van der Waals surface area contributed by atoms with Gasteiger partial charge in [0.15, 0.2) is 5.82 Å². The highest BCUT2D eigenvalue weighted by molar-refractivity contribution is 7.98. The third kappa shape index (κ3) is 4.01. The Morgan fingerprint density at radius 1 is 1.50 bits per heavy atom. The van der Waals surface area contributed by atoms with E-state index in [1.165, 1.54) is 0 Å². The fourth-order valence-electron chi connectivity index (χ4n) is 1.17. The molecule has 0 aliphatic rings. The van der Waals surface area contributed by atoms with Gasteiger partial charge in [-0.1, -0.05) is 12.1 Å². The molecule has 0 saturated heterocycles. The van der Waals surface area contributed by atoms with Crippen molar-refractivity contribution < 1.29 is 22.5 Å². The number of ketones is 1. The number of aromatic nitrogens is 2. The Bertz CT molecular complexity index is 406. The quantitative estimate of drug-likeness (QED) is 0.751. The Morgan fingerprint density at radius 3 is 2.72 bits per heavy atom. The molecule has 4 nitrogen and oxygen atoms in total. The third-order valence-electron chi connectivity index (χ3n) is 2.11. The summed E-state index contributed by atoms with van der Waals surface area (Å²) in [7, 11) is 0. The minimum Gasteiger partial charge on any atom is -0.339 e. The Hall–Kier alpha value is -1.05. The lowest BCUT2D eigenvalue weighted by atomic mass is 10.1. The summed E-state index contributed by atoms with van der Waals surface area (Å²) in [6.07, 6.45) is -3.90. The fourth-order valence-corrected chi connectivity index (χ4v) is 1.90. The standard InChI is InChI=1S/C10H13F3N2O2S/c1-3-4-18-5-7-14-9(17-15-7)6(2)8(16)10(11,12)13/h6H,3-5H2,1-2H3. The van der Waals surface area contributed by atoms with E-state index in [9.17, 15) is 18.0 Å². The highest BCUT2D eigenvalue weighted by Gasteiger charge is 2.43. The maximum absolute atomic E-state index is 12.2. The maximum Gasteiger partial charge on any atom is 0.450 e. The van der Waals surface area contributed by atoms with E-state index in [2.05, 4.69) is 14.7 Å². The summed E-state index contributed by atoms with van der Waals surface area (Å²) in [5.41, 5.74) is 0. The van der Waals surface area contributed by atoms with Crippen molar-refractivity contribution in [1.29, 1.82) is 0 Å². The van der Waals surface area contributed by atoms with Crippen molar-refractivity contribution in [3.8, 4) is 0 Å². The van der Waals surface area contributed by atoms with E-state index in [-0.39, 0.29) is 5.89 Å². The first-order valence-electron chi connectivity index (χ1n) is 5.37. The van der Waals surface area contributed by atoms with Gasteiger partial charge in [0.25, 0.3) is 0 Å². The van der Waals surface area contributed by atoms with Crippen molar-refractivity contribution in [2.75, 3.05) is 5.75 Å². The topological polar surface area (TPSA) is 56.0 Å². The molecule has 102 valence electrons. The van der Waals surface area contributed by atoms with Gasteiger partial charge in [0.05, 0.1) is 5.75 Å². The molecule has 0 amide bonds. The maximum atomic E-state index is 12.2. The zero-order chi connectivity index (χ0) is 13.8. The molecule has 1 aromatic heterocycles. The molecule has 0 N–H and O–H groups in total. The second-order valence-corrected chi connectivity index (χ2v) is 4.79. The number of alkyl halides is 3. The van der Waals surface area contributed by atoms with Crippen LogP contribution in [-0.4, -0.2) is 27.9 Å². The van der Waals surface area contributed by atoms with E-state index in [4.69, 9.17) is 0 Å². The largest absolute Gasteiger partial charge is 0.450 e. The predicted molar refractivity (Wildman–Crippen MR) is 60.2 cm³/mol. The lowest BCUT2D eigenvalue weighted by Gasteiger charge is -2.08. The molecule has 0 aliphatic heterocycles. The Balaban J connectivity index is 2.65. The van der Waals surface area contributed by atoms with E-state index in [1.807, 2.05) is 6.92 Å². The molecule has 18 heavy (non-hydrogen) atoms. The fraction of sp³-hybridized carbons (Fsp3) is 0.700. The van der Waals surface area contributed by atoms with Gasteiger partial charge in [0, 0.05) is 0 Å². The molecule has 0 spiro atoms. The van der Waals surface area contributed by atoms with Crippen molar-refractivity contribution in [2.24, 2.45) is 0 Å². The molecule has 0 bridgehead atoms. The Morgan fingerprint density at radius 2 is 2.17 bits per heavy atom. The number of hydrogen-bond acceptors (Lipinski definition) is 5. The van der Waals surface area contributed by atoms with E-state index in [0.29, 0.717) is 11.6 Å². The molecule has 1 aromatic rings. The van der Waals surface area contributed by atoms with Crippen LogP contribution in [0.15, 0.2) is 4.52 Å². The monoisotopic (exact) mass is 282 g/mol. The van der Waals surface area contributed by atoms with Crippen LogP contribution in [-0.2, 0) is 10.5 Å². The van der Waals surface area contributed by atoms with Crippen LogP contribution in [0, 0.1) is 0 Å². The highest BCUT2D eigenvalue weighted by Crippen LogP contribution is 2.26. The number of halogens is 3. The first kappa shape index (κ1) is 15.0. The third-order valence-corrected chi connectivity index (χ3v) is 3.27. The summed E-state index contributed by atoms with van der Waals surface area (Å²) >= 11 is 1.55. The van der Waals surface area contributed by atoms with Gasteiger partial charge in [-0.05, 0) is 19.1 Å². The van der Waals surface area contributed by atoms with Crippen LogP contribution in [0.4, 0.5) is 13.2 Å². The molecule has 1 rings (SSSR count). The van der Waals surface area contributed by atoms with Gasteiger partial charge in [-0.15, -0.1) is 0 Å². The number of nitrogens with zero attached hydrogens (tertiary/aromatic N) is 2. The molecule has 0 radical (unpaired) electrons. The zero-order valence-corrected chi connectivity index (χ0v) is 10.8. The van der Waals surface area contributed by atoms with Crippen molar-refractivity contribution in [3.63, 3.8) is 0 Å². The average Bonchev–Trinajstić information content (AvgIpc) is 2.75. The smallest absolute Gasteiger partial charge is 0.339 e. The zero-order valence-electron chi connectivity index (χ0n) is 9.95. The Kier molecular flexibility index (Phi) is 5.18. The van der Waals surface area contributed by atoms with Gasteiger partial charge >= 0.3 is 6.18 Å². The number of carbonyl (C=O) groups is 1. The highest BCUT2D eigenvalue weighted by atomic mass is 32.2. The van der Waals surface area contributed by atoms with Crippen molar-refractivity contribution in [3.05, 3.63) is 11.7 Å². The summed E-state index contributed by atoms with van der Waals surface area (Å²) in [6, 6.07) is 0. The van der Waals surface area contributed by atoms with E-state index in [0.717, 1.165) is 19.1 Å². The molecule has 0 fully saturated rings. The van der Waals surface area contributed by atoms with Crippen LogP contribution >= 0.6 is 11.8 Å². The van der Waals surface area contributed by atoms with Gasteiger partial charge in [-0.2, -0.15) is 29.9 Å². The Labute approximate surface area is 106 Å². The van der Waals surface area contributed by atoms with Crippen LogP contribution in [0.25, 0.3) is 0 Å². The first-order valence-corrected chi connectivity index (χ1v) is 6.53. The summed E-state index contributed by atoms with van der Waals surface area (Å²) in [4.78, 5) is 14.8. The van der Waals surface area contributed by atoms with E-state index in [1.54, 1.807) is 11.8 Å². The first-order chi connectivity index (χ1) is 8.36. The lowest BCUT2D eigenvalue weighted by Crippen LogP contribution is -2.27. The number of carbonyl (C=O) groups excluding carboxylic acids is 1. The van der Waals surface area contributed by atoms with Crippen LogP contribution in [0.2, 0.25) is 0 Å². The lowest BCUT2D eigenvalue weighted by molar-refractivity contribution is -0.172. The van der Waals surface area contributed by atoms with Gasteiger partial charge in [0.1, 0.15) is 5.92 Å². The summed E-state index contributed by atoms with van der Waals surface area (Å²) in [6.45, 7) is 3.12. The van der Waals surface area contributed by atoms with Crippen LogP contribution in [0.5, 0.6) is 0 Å². The predicted octanol–water partition coefficient (Wildman–Crippen LogP) is 2.95. The molecule has 0 aliphatic carbocycles. The average molecular weight is 282 g/mol. The number of rotatable bonds is 6. The van der Waals surface area contributed by atoms with Crippen molar-refractivity contribution in [1.82, 2.24) is 10.1 Å². The molecule has 1 unspecified atom stereocenters. The van der Waals surface area contributed by atoms with Gasteiger partial charge in [-0.3, -0.25) is 4.79 Å². The molecule has 1 atom stereocenters. The number of Topliss-reactive ketones (excluding diaryl/α,β-unsaturated/α-hetero) is 1. The molecule has 8 heteroatoms. The minimum atomic E-state index is -4.88. The van der Waals surface area contributed by atoms with E-state index >= 15 is 0 Å². The summed E-state index contributed by atoms with van der Waals surface area (Å²) in [5, 5.41) is 3.55. The van der Waals surface area contributed by atoms with Gasteiger partial charge < -0.3 is 4.52 Å². The number of thioether (sulfide) groups is 1. The van der Waals surface area contributed by atoms with Crippen LogP contribution in [0.1, 0.15) is 37.9 Å². The van der Waals surface area contributed by atoms with Crippen molar-refractivity contribution in [2.45, 2.75) is 38.1 Å². The molecule has 0 saturated carbocycles. The summed E-state index contributed by atoms with van der Waals surface area (Å²) < 4.78 is 41.3. The molecule has 0 aromatic carbocycles. The minimum absolute atomic E-state index is 0.288. The number of hydrogen-bond donors (Lipinski definition) is 0. The van der Waals surface area contributed by atoms with Crippen LogP contribution < -0.4 is 0 Å².